The van der Waals surface area contributed by atoms with E-state index in [0.717, 1.165) is 56.3 Å². The van der Waals surface area contributed by atoms with Crippen LogP contribution in [0.1, 0.15) is 5.69 Å². The number of piperazine rings is 1. The number of rotatable bonds is 5. The molecule has 1 aromatic carbocycles. The second-order valence-corrected chi connectivity index (χ2v) is 5.39. The van der Waals surface area contributed by atoms with Crippen molar-refractivity contribution in [3.63, 3.8) is 0 Å². The number of aliphatic hydroxyl groups excluding tert-OH is 1. The number of nitrogens with zero attached hydrogens (tertiary/aromatic N) is 3. The van der Waals surface area contributed by atoms with E-state index in [0.29, 0.717) is 0 Å². The van der Waals surface area contributed by atoms with Gasteiger partial charge in [0.1, 0.15) is 0 Å². The molecule has 112 valence electrons. The molecule has 1 aliphatic rings. The van der Waals surface area contributed by atoms with Crippen molar-refractivity contribution in [2.45, 2.75) is 6.54 Å². The van der Waals surface area contributed by atoms with Crippen molar-refractivity contribution in [1.82, 2.24) is 15.0 Å². The first-order valence-corrected chi connectivity index (χ1v) is 7.42. The van der Waals surface area contributed by atoms with E-state index in [1.807, 2.05) is 36.4 Å². The zero-order valence-electron chi connectivity index (χ0n) is 12.1. The number of aromatic nitrogens is 1. The molecule has 0 radical (unpaired) electrons. The molecule has 2 heterocycles. The Morgan fingerprint density at radius 2 is 1.76 bits per heavy atom. The molecule has 1 aliphatic heterocycles. The Morgan fingerprint density at radius 1 is 1.05 bits per heavy atom. The minimum absolute atomic E-state index is 0.240. The first kappa shape index (κ1) is 14.3. The Labute approximate surface area is 124 Å². The van der Waals surface area contributed by atoms with Gasteiger partial charge in [0.2, 0.25) is 0 Å². The summed E-state index contributed by atoms with van der Waals surface area (Å²) in [5.74, 6) is 0.824. The van der Waals surface area contributed by atoms with Gasteiger partial charge in [-0.05, 0) is 0 Å². The van der Waals surface area contributed by atoms with Crippen LogP contribution in [0.3, 0.4) is 0 Å². The SMILES string of the molecule is OCCN1CCN(Cc2cc(-c3ccccc3)on2)CC1. The minimum Gasteiger partial charge on any atom is -0.395 e. The Bertz CT molecular complexity index is 548. The third-order valence-corrected chi connectivity index (χ3v) is 3.88. The van der Waals surface area contributed by atoms with Crippen molar-refractivity contribution in [1.29, 1.82) is 0 Å². The minimum atomic E-state index is 0.240. The maximum Gasteiger partial charge on any atom is 0.167 e. The maximum atomic E-state index is 8.95. The van der Waals surface area contributed by atoms with Crippen molar-refractivity contribution in [3.05, 3.63) is 42.1 Å². The summed E-state index contributed by atoms with van der Waals surface area (Å²) in [5.41, 5.74) is 2.04. The molecular formula is C16H21N3O2. The Hall–Kier alpha value is -1.69. The molecular weight excluding hydrogens is 266 g/mol. The molecule has 0 saturated carbocycles. The summed E-state index contributed by atoms with van der Waals surface area (Å²) in [7, 11) is 0. The molecule has 0 aliphatic carbocycles. The van der Waals surface area contributed by atoms with Gasteiger partial charge in [0.05, 0.1) is 12.3 Å². The molecule has 5 heteroatoms. The van der Waals surface area contributed by atoms with Gasteiger partial charge in [-0.15, -0.1) is 0 Å². The summed E-state index contributed by atoms with van der Waals surface area (Å²) in [6, 6.07) is 12.1. The van der Waals surface area contributed by atoms with Gasteiger partial charge >= 0.3 is 0 Å². The lowest BCUT2D eigenvalue weighted by Crippen LogP contribution is -2.46. The topological polar surface area (TPSA) is 52.7 Å². The van der Waals surface area contributed by atoms with Gasteiger partial charge in [0.15, 0.2) is 5.76 Å². The van der Waals surface area contributed by atoms with Gasteiger partial charge in [-0.3, -0.25) is 9.80 Å². The Morgan fingerprint density at radius 3 is 2.48 bits per heavy atom. The lowest BCUT2D eigenvalue weighted by atomic mass is 10.1. The molecule has 0 unspecified atom stereocenters. The molecule has 1 saturated heterocycles. The lowest BCUT2D eigenvalue weighted by Gasteiger charge is -2.33. The van der Waals surface area contributed by atoms with Crippen molar-refractivity contribution in [2.24, 2.45) is 0 Å². The molecule has 1 fully saturated rings. The monoisotopic (exact) mass is 287 g/mol. The highest BCUT2D eigenvalue weighted by atomic mass is 16.5. The van der Waals surface area contributed by atoms with E-state index in [9.17, 15) is 0 Å². The summed E-state index contributed by atoms with van der Waals surface area (Å²) < 4.78 is 5.43. The fourth-order valence-corrected chi connectivity index (χ4v) is 2.67. The normalized spacial score (nSPS) is 17.2. The molecule has 1 N–H and O–H groups in total. The second-order valence-electron chi connectivity index (χ2n) is 5.39. The van der Waals surface area contributed by atoms with Crippen molar-refractivity contribution in [3.8, 4) is 11.3 Å². The number of benzene rings is 1. The van der Waals surface area contributed by atoms with Crippen LogP contribution in [0.4, 0.5) is 0 Å². The van der Waals surface area contributed by atoms with E-state index in [4.69, 9.17) is 9.63 Å². The number of aliphatic hydroxyl groups is 1. The van der Waals surface area contributed by atoms with E-state index in [1.165, 1.54) is 0 Å². The highest BCUT2D eigenvalue weighted by Crippen LogP contribution is 2.20. The van der Waals surface area contributed by atoms with Crippen LogP contribution in [0.5, 0.6) is 0 Å². The molecule has 0 atom stereocenters. The highest BCUT2D eigenvalue weighted by Gasteiger charge is 2.17. The molecule has 5 nitrogen and oxygen atoms in total. The summed E-state index contributed by atoms with van der Waals surface area (Å²) in [6.45, 7) is 5.86. The quantitative estimate of drug-likeness (QED) is 0.902. The van der Waals surface area contributed by atoms with Gasteiger partial charge < -0.3 is 9.63 Å². The van der Waals surface area contributed by atoms with Crippen molar-refractivity contribution < 1.29 is 9.63 Å². The molecule has 3 rings (SSSR count). The molecule has 0 amide bonds. The predicted molar refractivity (Wildman–Crippen MR) is 80.7 cm³/mol. The van der Waals surface area contributed by atoms with Crippen LogP contribution in [0, 0.1) is 0 Å². The van der Waals surface area contributed by atoms with E-state index in [-0.39, 0.29) is 6.61 Å². The molecule has 0 bridgehead atoms. The van der Waals surface area contributed by atoms with Crippen LogP contribution in [0.15, 0.2) is 40.9 Å². The maximum absolute atomic E-state index is 8.95. The van der Waals surface area contributed by atoms with Crippen LogP contribution >= 0.6 is 0 Å². The van der Waals surface area contributed by atoms with Crippen LogP contribution < -0.4 is 0 Å². The van der Waals surface area contributed by atoms with Crippen molar-refractivity contribution >= 4 is 0 Å². The fourth-order valence-electron chi connectivity index (χ4n) is 2.67. The van der Waals surface area contributed by atoms with Crippen LogP contribution in [-0.4, -0.2) is 59.4 Å². The Balaban J connectivity index is 1.56. The molecule has 0 spiro atoms. The van der Waals surface area contributed by atoms with E-state index in [1.54, 1.807) is 0 Å². The van der Waals surface area contributed by atoms with E-state index in [2.05, 4.69) is 15.0 Å². The zero-order valence-corrected chi connectivity index (χ0v) is 12.1. The standard InChI is InChI=1S/C16H21N3O2/c20-11-10-18-6-8-19(9-7-18)13-15-12-16(21-17-15)14-4-2-1-3-5-14/h1-5,12,20H,6-11,13H2. The fraction of sp³-hybridized carbons (Fsp3) is 0.438. The van der Waals surface area contributed by atoms with Crippen LogP contribution in [-0.2, 0) is 6.54 Å². The summed E-state index contributed by atoms with van der Waals surface area (Å²) in [4.78, 5) is 4.66. The molecule has 2 aromatic rings. The average molecular weight is 287 g/mol. The summed E-state index contributed by atoms with van der Waals surface area (Å²) in [5, 5.41) is 13.1. The van der Waals surface area contributed by atoms with Gasteiger partial charge in [0, 0.05) is 50.9 Å². The first-order valence-electron chi connectivity index (χ1n) is 7.42. The number of hydrogen-bond donors (Lipinski definition) is 1. The van der Waals surface area contributed by atoms with Crippen LogP contribution in [0.2, 0.25) is 0 Å². The van der Waals surface area contributed by atoms with Crippen LogP contribution in [0.25, 0.3) is 11.3 Å². The van der Waals surface area contributed by atoms with Gasteiger partial charge in [-0.1, -0.05) is 35.5 Å². The first-order chi connectivity index (χ1) is 10.3. The third-order valence-electron chi connectivity index (χ3n) is 3.88. The van der Waals surface area contributed by atoms with Gasteiger partial charge in [-0.25, -0.2) is 0 Å². The third kappa shape index (κ3) is 3.69. The van der Waals surface area contributed by atoms with Gasteiger partial charge in [-0.2, -0.15) is 0 Å². The highest BCUT2D eigenvalue weighted by molar-refractivity contribution is 5.56. The predicted octanol–water partition coefficient (Wildman–Crippen LogP) is 1.45. The smallest absolute Gasteiger partial charge is 0.167 e. The largest absolute Gasteiger partial charge is 0.395 e. The summed E-state index contributed by atoms with van der Waals surface area (Å²) >= 11 is 0. The lowest BCUT2D eigenvalue weighted by molar-refractivity contribution is 0.107. The Kier molecular flexibility index (Phi) is 4.65. The average Bonchev–Trinajstić information content (AvgIpc) is 2.99. The van der Waals surface area contributed by atoms with Crippen molar-refractivity contribution in [2.75, 3.05) is 39.3 Å². The van der Waals surface area contributed by atoms with E-state index >= 15 is 0 Å². The molecule has 1 aromatic heterocycles. The van der Waals surface area contributed by atoms with Gasteiger partial charge in [0.25, 0.3) is 0 Å². The summed E-state index contributed by atoms with van der Waals surface area (Å²) in [6.07, 6.45) is 0. The molecule has 21 heavy (non-hydrogen) atoms. The van der Waals surface area contributed by atoms with E-state index < -0.39 is 0 Å². The number of β-amino-alcohol motifs (C(OH)–C–C–N with tert-alkyl or cyclic N) is 1. The second kappa shape index (κ2) is 6.85. The zero-order chi connectivity index (χ0) is 14.5. The number of hydrogen-bond acceptors (Lipinski definition) is 5.